The second-order valence-electron chi connectivity index (χ2n) is 11.5. The summed E-state index contributed by atoms with van der Waals surface area (Å²) in [6.45, 7) is 14.4. The van der Waals surface area contributed by atoms with E-state index in [1.807, 2.05) is 24.3 Å². The average Bonchev–Trinajstić information content (AvgIpc) is 3.52. The highest BCUT2D eigenvalue weighted by atomic mass is 16.3. The lowest BCUT2D eigenvalue weighted by Gasteiger charge is -2.10. The van der Waals surface area contributed by atoms with E-state index in [9.17, 15) is 0 Å². The molecular weight excluding hydrogens is 571 g/mol. The van der Waals surface area contributed by atoms with Gasteiger partial charge < -0.3 is 4.42 Å². The Morgan fingerprint density at radius 1 is 0.681 bits per heavy atom. The van der Waals surface area contributed by atoms with Gasteiger partial charge in [0.25, 0.3) is 0 Å². The molecule has 6 aromatic carbocycles. The van der Waals surface area contributed by atoms with E-state index in [1.54, 1.807) is 6.08 Å². The molecule has 0 spiro atoms. The van der Waals surface area contributed by atoms with Gasteiger partial charge in [0.1, 0.15) is 11.2 Å². The predicted octanol–water partition coefficient (Wildman–Crippen LogP) is 10.4. The van der Waals surface area contributed by atoms with Gasteiger partial charge in [-0.05, 0) is 62.5 Å². The van der Waals surface area contributed by atoms with Crippen LogP contribution in [-0.2, 0) is 6.54 Å². The first-order valence-electron chi connectivity index (χ1n) is 15.9. The minimum atomic E-state index is 0.560. The first-order valence-corrected chi connectivity index (χ1v) is 15.9. The lowest BCUT2D eigenvalue weighted by molar-refractivity contribution is 0.670. The van der Waals surface area contributed by atoms with Crippen molar-refractivity contribution in [3.8, 4) is 11.1 Å². The smallest absolute Gasteiger partial charge is 0.143 e. The van der Waals surface area contributed by atoms with Crippen molar-refractivity contribution in [2.45, 2.75) is 13.5 Å². The molecule has 1 heterocycles. The van der Waals surface area contributed by atoms with E-state index in [0.717, 1.165) is 55.8 Å². The molecule has 0 aliphatic carbocycles. The van der Waals surface area contributed by atoms with Gasteiger partial charge in [0, 0.05) is 27.5 Å². The summed E-state index contributed by atoms with van der Waals surface area (Å²) >= 11 is 0. The molecule has 0 atom stereocenters. The lowest BCUT2D eigenvalue weighted by Crippen LogP contribution is -2.26. The summed E-state index contributed by atoms with van der Waals surface area (Å²) in [6.07, 6.45) is 11.7. The van der Waals surface area contributed by atoms with Crippen molar-refractivity contribution in [1.82, 2.24) is 0 Å². The number of hydrogen-bond acceptors (Lipinski definition) is 2. The molecule has 0 bridgehead atoms. The van der Waals surface area contributed by atoms with E-state index < -0.39 is 0 Å². The summed E-state index contributed by atoms with van der Waals surface area (Å²) in [4.78, 5) is 5.14. The fraction of sp³-hybridized carbons (Fsp3) is 0.0444. The van der Waals surface area contributed by atoms with Crippen LogP contribution in [0.15, 0.2) is 163 Å². The Morgan fingerprint density at radius 2 is 1.40 bits per heavy atom. The molecule has 0 fully saturated rings. The fourth-order valence-corrected chi connectivity index (χ4v) is 6.63. The average molecular weight is 606 g/mol. The Hall–Kier alpha value is -5.99. The third kappa shape index (κ3) is 5.34. The van der Waals surface area contributed by atoms with Gasteiger partial charge >= 0.3 is 0 Å². The Labute approximate surface area is 275 Å². The van der Waals surface area contributed by atoms with Crippen molar-refractivity contribution in [1.29, 1.82) is 0 Å². The van der Waals surface area contributed by atoms with Crippen molar-refractivity contribution >= 4 is 56.1 Å². The van der Waals surface area contributed by atoms with E-state index in [1.165, 1.54) is 32.0 Å². The molecule has 0 radical (unpaired) electrons. The topological polar surface area (TPSA) is 25.5 Å². The van der Waals surface area contributed by atoms with Crippen LogP contribution in [-0.4, -0.2) is 5.71 Å². The number of hydrogen-bond donors (Lipinski definition) is 0. The molecule has 1 aromatic heterocycles. The molecule has 0 amide bonds. The van der Waals surface area contributed by atoms with Gasteiger partial charge in [-0.3, -0.25) is 4.99 Å². The molecule has 0 saturated heterocycles. The van der Waals surface area contributed by atoms with Gasteiger partial charge in [0.15, 0.2) is 0 Å². The summed E-state index contributed by atoms with van der Waals surface area (Å²) in [6, 6.07) is 38.3. The SMILES string of the molecule is C=C/C=c1\c(=C/C)c2cccc3oc4c(-c5ccc(CN=C(c6ccccc6)c6ccc(/C(C=C)=C/C=C)cc6)cc5)ccc1c4c32. The van der Waals surface area contributed by atoms with Crippen LogP contribution in [0, 0.1) is 0 Å². The predicted molar refractivity (Wildman–Crippen MR) is 202 cm³/mol. The zero-order valence-electron chi connectivity index (χ0n) is 26.5. The van der Waals surface area contributed by atoms with E-state index in [0.29, 0.717) is 6.54 Å². The number of aliphatic imine (C=N–C) groups is 1. The van der Waals surface area contributed by atoms with Crippen LogP contribution in [0.3, 0.4) is 0 Å². The van der Waals surface area contributed by atoms with Crippen LogP contribution in [0.25, 0.3) is 61.6 Å². The zero-order valence-corrected chi connectivity index (χ0v) is 26.5. The van der Waals surface area contributed by atoms with Gasteiger partial charge in [-0.25, -0.2) is 0 Å². The van der Waals surface area contributed by atoms with Gasteiger partial charge in [-0.15, -0.1) is 0 Å². The third-order valence-electron chi connectivity index (χ3n) is 8.83. The minimum Gasteiger partial charge on any atom is -0.455 e. The van der Waals surface area contributed by atoms with Gasteiger partial charge in [0.05, 0.1) is 12.3 Å². The molecular formula is C45H35NO. The highest BCUT2D eigenvalue weighted by Crippen LogP contribution is 2.39. The zero-order chi connectivity index (χ0) is 32.3. The fourth-order valence-electron chi connectivity index (χ4n) is 6.63. The number of nitrogens with zero attached hydrogens (tertiary/aromatic N) is 1. The highest BCUT2D eigenvalue weighted by molar-refractivity contribution is 6.24. The quantitative estimate of drug-likeness (QED) is 0.0913. The highest BCUT2D eigenvalue weighted by Gasteiger charge is 2.19. The Kier molecular flexibility index (Phi) is 8.08. The lowest BCUT2D eigenvalue weighted by atomic mass is 9.93. The van der Waals surface area contributed by atoms with Crippen LogP contribution in [0.2, 0.25) is 0 Å². The maximum absolute atomic E-state index is 6.59. The maximum atomic E-state index is 6.59. The molecule has 0 unspecified atom stereocenters. The van der Waals surface area contributed by atoms with Crippen molar-refractivity contribution in [2.24, 2.45) is 4.99 Å². The number of rotatable bonds is 9. The van der Waals surface area contributed by atoms with E-state index >= 15 is 0 Å². The first-order chi connectivity index (χ1) is 23.1. The summed E-state index contributed by atoms with van der Waals surface area (Å²) in [5.41, 5.74) is 10.4. The van der Waals surface area contributed by atoms with Crippen LogP contribution in [0.1, 0.15) is 29.2 Å². The van der Waals surface area contributed by atoms with Crippen LogP contribution < -0.4 is 10.4 Å². The summed E-state index contributed by atoms with van der Waals surface area (Å²) in [7, 11) is 0. The Bertz CT molecular complexity index is 2450. The Balaban J connectivity index is 1.26. The minimum absolute atomic E-state index is 0.560. The first kappa shape index (κ1) is 29.7. The van der Waals surface area contributed by atoms with Crippen molar-refractivity contribution in [3.05, 3.63) is 186 Å². The monoisotopic (exact) mass is 605 g/mol. The number of furan rings is 1. The standard InChI is InChI=1S/C45H35NO/c1-5-13-31(7-3)32-23-25-35(26-24-32)44(34-15-10-9-11-16-34)46-29-30-19-21-33(22-20-30)37-27-28-40-38(14-6-2)36(8-4)39-17-12-18-41-42(39)43(40)45(37)47-41/h5-28H,1-3,29H2,4H3/b31-13+,36-8+,38-14+,46-44?. The second-order valence-corrected chi connectivity index (χ2v) is 11.5. The summed E-state index contributed by atoms with van der Waals surface area (Å²) in [5, 5.41) is 7.11. The van der Waals surface area contributed by atoms with Crippen LogP contribution >= 0.6 is 0 Å². The molecule has 0 aliphatic heterocycles. The Morgan fingerprint density at radius 3 is 2.11 bits per heavy atom. The van der Waals surface area contributed by atoms with Gasteiger partial charge in [-0.1, -0.05) is 153 Å². The normalized spacial score (nSPS) is 13.2. The molecule has 47 heavy (non-hydrogen) atoms. The molecule has 2 heteroatoms. The van der Waals surface area contributed by atoms with E-state index in [4.69, 9.17) is 9.41 Å². The van der Waals surface area contributed by atoms with Gasteiger partial charge in [0.2, 0.25) is 0 Å². The molecule has 0 saturated carbocycles. The second kappa shape index (κ2) is 12.8. The number of benzene rings is 6. The molecule has 0 aliphatic rings. The molecule has 0 N–H and O–H groups in total. The largest absolute Gasteiger partial charge is 0.455 e. The van der Waals surface area contributed by atoms with Crippen molar-refractivity contribution in [3.63, 3.8) is 0 Å². The number of allylic oxidation sites excluding steroid dienone is 5. The molecule has 2 nitrogen and oxygen atoms in total. The summed E-state index contributed by atoms with van der Waals surface area (Å²) < 4.78 is 6.59. The molecule has 7 aromatic rings. The van der Waals surface area contributed by atoms with Crippen molar-refractivity contribution < 1.29 is 4.42 Å². The van der Waals surface area contributed by atoms with Crippen LogP contribution in [0.5, 0.6) is 0 Å². The molecule has 7 rings (SSSR count). The summed E-state index contributed by atoms with van der Waals surface area (Å²) in [5.74, 6) is 0. The maximum Gasteiger partial charge on any atom is 0.143 e. The van der Waals surface area contributed by atoms with E-state index in [2.05, 4.69) is 142 Å². The van der Waals surface area contributed by atoms with E-state index in [-0.39, 0.29) is 0 Å². The van der Waals surface area contributed by atoms with Crippen LogP contribution in [0.4, 0.5) is 0 Å². The van der Waals surface area contributed by atoms with Crippen molar-refractivity contribution in [2.75, 3.05) is 0 Å². The third-order valence-corrected chi connectivity index (χ3v) is 8.83. The van der Waals surface area contributed by atoms with Gasteiger partial charge in [-0.2, -0.15) is 0 Å². The molecule has 226 valence electrons.